The van der Waals surface area contributed by atoms with E-state index in [2.05, 4.69) is 19.1 Å². The van der Waals surface area contributed by atoms with Crippen LogP contribution >= 0.6 is 0 Å². The van der Waals surface area contributed by atoms with Crippen LogP contribution in [0.5, 0.6) is 5.75 Å². The molecule has 0 bridgehead atoms. The number of benzene rings is 1. The molecule has 0 radical (unpaired) electrons. The molecule has 2 N–H and O–H groups in total. The van der Waals surface area contributed by atoms with Crippen molar-refractivity contribution in [2.24, 2.45) is 5.73 Å². The van der Waals surface area contributed by atoms with Crippen LogP contribution in [0.1, 0.15) is 43.4 Å². The van der Waals surface area contributed by atoms with Gasteiger partial charge in [-0.15, -0.1) is 0 Å². The van der Waals surface area contributed by atoms with Gasteiger partial charge in [0.2, 0.25) is 0 Å². The van der Waals surface area contributed by atoms with Crippen molar-refractivity contribution >= 4 is 5.97 Å². The second-order valence-corrected chi connectivity index (χ2v) is 5.49. The Bertz CT molecular complexity index is 499. The molecule has 0 aliphatic heterocycles. The van der Waals surface area contributed by atoms with E-state index in [0.29, 0.717) is 19.6 Å². The fraction of sp³-hybridized carbons (Fsp3) is 0.588. The van der Waals surface area contributed by atoms with Crippen molar-refractivity contribution < 1.29 is 14.3 Å². The molecule has 1 atom stereocenters. The van der Waals surface area contributed by atoms with Crippen molar-refractivity contribution in [2.75, 3.05) is 13.2 Å². The average molecular weight is 291 g/mol. The summed E-state index contributed by atoms with van der Waals surface area (Å²) in [5.41, 5.74) is 9.70. The number of aryl methyl sites for hydroxylation is 2. The molecule has 4 nitrogen and oxygen atoms in total. The van der Waals surface area contributed by atoms with Gasteiger partial charge in [-0.1, -0.05) is 13.0 Å². The predicted molar refractivity (Wildman–Crippen MR) is 82.6 cm³/mol. The van der Waals surface area contributed by atoms with E-state index in [1.807, 2.05) is 0 Å². The second-order valence-electron chi connectivity index (χ2n) is 5.49. The minimum absolute atomic E-state index is 0.348. The normalized spacial score (nSPS) is 14.6. The fourth-order valence-corrected chi connectivity index (χ4v) is 2.73. The van der Waals surface area contributed by atoms with E-state index in [1.54, 1.807) is 6.92 Å². The molecule has 1 aliphatic rings. The van der Waals surface area contributed by atoms with Crippen molar-refractivity contribution in [3.63, 3.8) is 0 Å². The molecule has 21 heavy (non-hydrogen) atoms. The summed E-state index contributed by atoms with van der Waals surface area (Å²) in [6.45, 7) is 4.91. The number of esters is 1. The summed E-state index contributed by atoms with van der Waals surface area (Å²) in [4.78, 5) is 11.7. The Balaban J connectivity index is 2.17. The van der Waals surface area contributed by atoms with Crippen LogP contribution in [0.25, 0.3) is 0 Å². The summed E-state index contributed by atoms with van der Waals surface area (Å²) in [6.07, 6.45) is 4.83. The highest BCUT2D eigenvalue weighted by Gasteiger charge is 2.20. The van der Waals surface area contributed by atoms with Crippen LogP contribution < -0.4 is 10.5 Å². The van der Waals surface area contributed by atoms with Crippen molar-refractivity contribution in [3.05, 3.63) is 28.8 Å². The number of fused-ring (bicyclic) bond motifs is 1. The zero-order chi connectivity index (χ0) is 15.2. The van der Waals surface area contributed by atoms with Crippen LogP contribution in [0.3, 0.4) is 0 Å². The molecule has 1 unspecified atom stereocenters. The maximum absolute atomic E-state index is 11.7. The van der Waals surface area contributed by atoms with Crippen LogP contribution in [0.2, 0.25) is 0 Å². The second kappa shape index (κ2) is 7.46. The minimum atomic E-state index is -0.631. The quantitative estimate of drug-likeness (QED) is 0.784. The van der Waals surface area contributed by atoms with Gasteiger partial charge in [-0.2, -0.15) is 0 Å². The van der Waals surface area contributed by atoms with Crippen LogP contribution in [0, 0.1) is 0 Å². The summed E-state index contributed by atoms with van der Waals surface area (Å²) >= 11 is 0. The van der Waals surface area contributed by atoms with Gasteiger partial charge in [0.05, 0.1) is 13.2 Å². The number of carbonyl (C=O) groups excluding carboxylic acids is 1. The van der Waals surface area contributed by atoms with Crippen LogP contribution in [0.15, 0.2) is 12.1 Å². The Morgan fingerprint density at radius 3 is 2.67 bits per heavy atom. The van der Waals surface area contributed by atoms with Gasteiger partial charge in [0.1, 0.15) is 11.8 Å². The first-order valence-electron chi connectivity index (χ1n) is 7.85. The lowest BCUT2D eigenvalue weighted by atomic mass is 10.00. The Morgan fingerprint density at radius 1 is 1.29 bits per heavy atom. The smallest absolute Gasteiger partial charge is 0.323 e. The van der Waals surface area contributed by atoms with Gasteiger partial charge in [-0.3, -0.25) is 4.79 Å². The zero-order valence-electron chi connectivity index (χ0n) is 13.0. The van der Waals surface area contributed by atoms with E-state index in [1.165, 1.54) is 17.5 Å². The first kappa shape index (κ1) is 15.8. The van der Waals surface area contributed by atoms with E-state index >= 15 is 0 Å². The third-order valence-electron chi connectivity index (χ3n) is 3.77. The Morgan fingerprint density at radius 2 is 2.00 bits per heavy atom. The molecular formula is C17H25NO3. The summed E-state index contributed by atoms with van der Waals surface area (Å²) in [7, 11) is 0. The number of carbonyl (C=O) groups is 1. The largest absolute Gasteiger partial charge is 0.493 e. The average Bonchev–Trinajstić information content (AvgIpc) is 2.92. The Hall–Kier alpha value is -1.55. The number of hydrogen-bond acceptors (Lipinski definition) is 4. The molecule has 0 fully saturated rings. The van der Waals surface area contributed by atoms with Gasteiger partial charge < -0.3 is 15.2 Å². The van der Waals surface area contributed by atoms with E-state index in [9.17, 15) is 4.79 Å². The maximum atomic E-state index is 11.7. The zero-order valence-corrected chi connectivity index (χ0v) is 13.0. The molecule has 4 heteroatoms. The lowest BCUT2D eigenvalue weighted by Gasteiger charge is -2.16. The summed E-state index contributed by atoms with van der Waals surface area (Å²) in [6, 6.07) is 3.66. The van der Waals surface area contributed by atoms with Crippen LogP contribution in [-0.4, -0.2) is 25.2 Å². The molecule has 0 saturated carbocycles. The number of ether oxygens (including phenoxy) is 2. The van der Waals surface area contributed by atoms with Gasteiger partial charge >= 0.3 is 5.97 Å². The monoisotopic (exact) mass is 291 g/mol. The molecule has 1 aliphatic carbocycles. The molecule has 116 valence electrons. The summed E-state index contributed by atoms with van der Waals surface area (Å²) in [5, 5.41) is 0. The third kappa shape index (κ3) is 3.97. The lowest BCUT2D eigenvalue weighted by molar-refractivity contribution is -0.144. The van der Waals surface area contributed by atoms with Gasteiger partial charge in [0.25, 0.3) is 0 Å². The molecule has 0 saturated heterocycles. The van der Waals surface area contributed by atoms with E-state index in [4.69, 9.17) is 15.2 Å². The molecule has 0 spiro atoms. The molecule has 2 rings (SSSR count). The molecule has 0 heterocycles. The molecular weight excluding hydrogens is 266 g/mol. The third-order valence-corrected chi connectivity index (χ3v) is 3.77. The maximum Gasteiger partial charge on any atom is 0.323 e. The van der Waals surface area contributed by atoms with Gasteiger partial charge in [-0.05, 0) is 55.4 Å². The molecule has 1 aromatic rings. The summed E-state index contributed by atoms with van der Waals surface area (Å²) < 4.78 is 10.8. The fourth-order valence-electron chi connectivity index (χ4n) is 2.73. The van der Waals surface area contributed by atoms with Gasteiger partial charge in [-0.25, -0.2) is 0 Å². The number of nitrogens with two attached hydrogens (primary N) is 1. The van der Waals surface area contributed by atoms with Crippen LogP contribution in [-0.2, 0) is 28.8 Å². The highest BCUT2D eigenvalue weighted by molar-refractivity contribution is 5.76. The standard InChI is InChI=1S/C17H25NO3/c1-3-8-21-16-11-13-7-5-6-12(13)9-14(16)10-15(18)17(19)20-4-2/h9,11,15H,3-8,10,18H2,1-2H3. The predicted octanol–water partition coefficient (Wildman–Crippen LogP) is 2.40. The molecule has 0 aromatic heterocycles. The van der Waals surface area contributed by atoms with Crippen molar-refractivity contribution in [1.82, 2.24) is 0 Å². The lowest BCUT2D eigenvalue weighted by Crippen LogP contribution is -2.34. The Labute approximate surface area is 126 Å². The van der Waals surface area contributed by atoms with Crippen molar-refractivity contribution in [2.45, 2.75) is 52.0 Å². The van der Waals surface area contributed by atoms with Gasteiger partial charge in [0.15, 0.2) is 0 Å². The van der Waals surface area contributed by atoms with Crippen molar-refractivity contribution in [1.29, 1.82) is 0 Å². The van der Waals surface area contributed by atoms with E-state index in [-0.39, 0.29) is 5.97 Å². The highest BCUT2D eigenvalue weighted by Crippen LogP contribution is 2.30. The molecule has 0 amide bonds. The SMILES string of the molecule is CCCOc1cc2c(cc1CC(N)C(=O)OCC)CCC2. The molecule has 1 aromatic carbocycles. The topological polar surface area (TPSA) is 61.5 Å². The first-order valence-corrected chi connectivity index (χ1v) is 7.85. The highest BCUT2D eigenvalue weighted by atomic mass is 16.5. The minimum Gasteiger partial charge on any atom is -0.493 e. The van der Waals surface area contributed by atoms with Gasteiger partial charge in [0, 0.05) is 6.42 Å². The number of rotatable bonds is 7. The van der Waals surface area contributed by atoms with Crippen LogP contribution in [0.4, 0.5) is 0 Å². The van der Waals surface area contributed by atoms with E-state index < -0.39 is 6.04 Å². The van der Waals surface area contributed by atoms with E-state index in [0.717, 1.165) is 30.6 Å². The summed E-state index contributed by atoms with van der Waals surface area (Å²) in [5.74, 6) is 0.525. The number of hydrogen-bond donors (Lipinski definition) is 1. The first-order chi connectivity index (χ1) is 10.2. The Kier molecular flexibility index (Phi) is 5.62. The van der Waals surface area contributed by atoms with Crippen molar-refractivity contribution in [3.8, 4) is 5.75 Å².